The summed E-state index contributed by atoms with van der Waals surface area (Å²) in [4.78, 5) is 10.6. The summed E-state index contributed by atoms with van der Waals surface area (Å²) in [7, 11) is 0. The lowest BCUT2D eigenvalue weighted by molar-refractivity contribution is 0.111. The van der Waals surface area contributed by atoms with Crippen molar-refractivity contribution in [1.82, 2.24) is 0 Å². The highest BCUT2D eigenvalue weighted by Gasteiger charge is 2.06. The Morgan fingerprint density at radius 1 is 1.43 bits per heavy atom. The van der Waals surface area contributed by atoms with Crippen molar-refractivity contribution in [2.75, 3.05) is 12.5 Å². The molecule has 0 aromatic heterocycles. The molecule has 0 heterocycles. The van der Waals surface area contributed by atoms with Crippen LogP contribution in [0.3, 0.4) is 0 Å². The molecule has 0 saturated heterocycles. The first kappa shape index (κ1) is 11.3. The standard InChI is InChI=1S/C10H10Cl2O2/c11-5-2-6-14-10-8(7-13)3-1-4-9(10)12/h1,3-4,7H,2,5-6H2. The van der Waals surface area contributed by atoms with Gasteiger partial charge in [-0.2, -0.15) is 0 Å². The Hall–Kier alpha value is -0.730. The van der Waals surface area contributed by atoms with Crippen LogP contribution in [0.25, 0.3) is 0 Å². The van der Waals surface area contributed by atoms with E-state index in [-0.39, 0.29) is 0 Å². The van der Waals surface area contributed by atoms with E-state index in [0.29, 0.717) is 28.8 Å². The van der Waals surface area contributed by atoms with Gasteiger partial charge in [0.1, 0.15) is 5.75 Å². The maximum atomic E-state index is 10.6. The highest BCUT2D eigenvalue weighted by atomic mass is 35.5. The van der Waals surface area contributed by atoms with Gasteiger partial charge in [-0.1, -0.05) is 17.7 Å². The van der Waals surface area contributed by atoms with E-state index < -0.39 is 0 Å². The van der Waals surface area contributed by atoms with Gasteiger partial charge in [0.05, 0.1) is 17.2 Å². The van der Waals surface area contributed by atoms with Gasteiger partial charge in [0, 0.05) is 5.88 Å². The fourth-order valence-electron chi connectivity index (χ4n) is 0.999. The van der Waals surface area contributed by atoms with Crippen molar-refractivity contribution >= 4 is 29.5 Å². The molecular formula is C10H10Cl2O2. The van der Waals surface area contributed by atoms with Gasteiger partial charge in [0.25, 0.3) is 0 Å². The van der Waals surface area contributed by atoms with Crippen molar-refractivity contribution < 1.29 is 9.53 Å². The van der Waals surface area contributed by atoms with Crippen LogP contribution in [0.2, 0.25) is 5.02 Å². The maximum absolute atomic E-state index is 10.6. The molecule has 4 heteroatoms. The topological polar surface area (TPSA) is 26.3 Å². The Morgan fingerprint density at radius 2 is 2.21 bits per heavy atom. The number of ether oxygens (including phenoxy) is 1. The summed E-state index contributed by atoms with van der Waals surface area (Å²) in [6, 6.07) is 5.06. The smallest absolute Gasteiger partial charge is 0.153 e. The van der Waals surface area contributed by atoms with Crippen molar-refractivity contribution in [3.8, 4) is 5.75 Å². The lowest BCUT2D eigenvalue weighted by Gasteiger charge is -2.08. The molecule has 1 aromatic carbocycles. The number of carbonyl (C=O) groups is 1. The van der Waals surface area contributed by atoms with Crippen LogP contribution in [0.5, 0.6) is 5.75 Å². The molecule has 76 valence electrons. The van der Waals surface area contributed by atoms with Crippen molar-refractivity contribution in [3.63, 3.8) is 0 Å². The van der Waals surface area contributed by atoms with Crippen LogP contribution in [0.1, 0.15) is 16.8 Å². The Balaban J connectivity index is 2.77. The van der Waals surface area contributed by atoms with Crippen molar-refractivity contribution in [2.45, 2.75) is 6.42 Å². The van der Waals surface area contributed by atoms with Gasteiger partial charge in [-0.25, -0.2) is 0 Å². The van der Waals surface area contributed by atoms with E-state index in [1.165, 1.54) is 0 Å². The van der Waals surface area contributed by atoms with Crippen molar-refractivity contribution in [1.29, 1.82) is 0 Å². The number of carbonyl (C=O) groups excluding carboxylic acids is 1. The quantitative estimate of drug-likeness (QED) is 0.443. The fourth-order valence-corrected chi connectivity index (χ4v) is 1.34. The number of hydrogen-bond acceptors (Lipinski definition) is 2. The highest BCUT2D eigenvalue weighted by Crippen LogP contribution is 2.27. The molecule has 1 aromatic rings. The van der Waals surface area contributed by atoms with Crippen LogP contribution in [-0.4, -0.2) is 18.8 Å². The second kappa shape index (κ2) is 5.89. The van der Waals surface area contributed by atoms with E-state index in [4.69, 9.17) is 27.9 Å². The number of aldehydes is 1. The summed E-state index contributed by atoms with van der Waals surface area (Å²) in [6.45, 7) is 0.466. The molecule has 0 fully saturated rings. The van der Waals surface area contributed by atoms with Gasteiger partial charge in [-0.3, -0.25) is 4.79 Å². The Morgan fingerprint density at radius 3 is 2.86 bits per heavy atom. The van der Waals surface area contributed by atoms with Crippen LogP contribution in [-0.2, 0) is 0 Å². The zero-order valence-electron chi connectivity index (χ0n) is 7.50. The lowest BCUT2D eigenvalue weighted by Crippen LogP contribution is -2.01. The normalized spacial score (nSPS) is 9.86. The monoisotopic (exact) mass is 232 g/mol. The Labute approximate surface area is 92.8 Å². The SMILES string of the molecule is O=Cc1cccc(Cl)c1OCCCCl. The minimum atomic E-state index is 0.439. The molecule has 0 aliphatic rings. The maximum Gasteiger partial charge on any atom is 0.153 e. The molecule has 2 nitrogen and oxygen atoms in total. The molecule has 0 unspecified atom stereocenters. The Kier molecular flexibility index (Phi) is 4.77. The van der Waals surface area contributed by atoms with E-state index in [9.17, 15) is 4.79 Å². The minimum Gasteiger partial charge on any atom is -0.491 e. The van der Waals surface area contributed by atoms with Crippen molar-refractivity contribution in [3.05, 3.63) is 28.8 Å². The van der Waals surface area contributed by atoms with Crippen LogP contribution in [0.4, 0.5) is 0 Å². The third-order valence-corrected chi connectivity index (χ3v) is 2.21. The summed E-state index contributed by atoms with van der Waals surface area (Å²) in [5.74, 6) is 0.968. The summed E-state index contributed by atoms with van der Waals surface area (Å²) >= 11 is 11.4. The summed E-state index contributed by atoms with van der Waals surface area (Å²) in [5, 5.41) is 0.448. The molecule has 0 atom stereocenters. The van der Waals surface area contributed by atoms with Crippen LogP contribution < -0.4 is 4.74 Å². The predicted octanol–water partition coefficient (Wildman–Crippen LogP) is 3.16. The molecule has 0 saturated carbocycles. The average Bonchev–Trinajstić information content (AvgIpc) is 2.20. The summed E-state index contributed by atoms with van der Waals surface area (Å²) in [6.07, 6.45) is 1.45. The molecule has 0 radical (unpaired) electrons. The van der Waals surface area contributed by atoms with E-state index in [2.05, 4.69) is 0 Å². The van der Waals surface area contributed by atoms with Crippen molar-refractivity contribution in [2.24, 2.45) is 0 Å². The molecule has 0 spiro atoms. The first-order valence-electron chi connectivity index (χ1n) is 4.22. The van der Waals surface area contributed by atoms with Crippen LogP contribution in [0, 0.1) is 0 Å². The summed E-state index contributed by atoms with van der Waals surface area (Å²) < 4.78 is 5.35. The van der Waals surface area contributed by atoms with Crippen LogP contribution in [0.15, 0.2) is 18.2 Å². The van der Waals surface area contributed by atoms with Gasteiger partial charge in [-0.15, -0.1) is 11.6 Å². The van der Waals surface area contributed by atoms with Gasteiger partial charge < -0.3 is 4.74 Å². The predicted molar refractivity (Wildman–Crippen MR) is 57.7 cm³/mol. The number of alkyl halides is 1. The van der Waals surface area contributed by atoms with E-state index in [1.54, 1.807) is 18.2 Å². The average molecular weight is 233 g/mol. The number of benzene rings is 1. The third kappa shape index (κ3) is 2.89. The lowest BCUT2D eigenvalue weighted by atomic mass is 10.2. The second-order valence-electron chi connectivity index (χ2n) is 2.67. The first-order valence-corrected chi connectivity index (χ1v) is 5.13. The molecule has 0 N–H and O–H groups in total. The van der Waals surface area contributed by atoms with Gasteiger partial charge in [0.15, 0.2) is 6.29 Å². The zero-order valence-corrected chi connectivity index (χ0v) is 9.02. The largest absolute Gasteiger partial charge is 0.491 e. The number of para-hydroxylation sites is 1. The number of hydrogen-bond donors (Lipinski definition) is 0. The Bertz CT molecular complexity index is 313. The number of rotatable bonds is 5. The van der Waals surface area contributed by atoms with Gasteiger partial charge in [-0.05, 0) is 18.6 Å². The van der Waals surface area contributed by atoms with Gasteiger partial charge >= 0.3 is 0 Å². The molecular weight excluding hydrogens is 223 g/mol. The molecule has 0 amide bonds. The first-order chi connectivity index (χ1) is 6.79. The van der Waals surface area contributed by atoms with Gasteiger partial charge in [0.2, 0.25) is 0 Å². The molecule has 0 aliphatic heterocycles. The molecule has 1 rings (SSSR count). The van der Waals surface area contributed by atoms with E-state index in [1.807, 2.05) is 0 Å². The molecule has 0 aliphatic carbocycles. The summed E-state index contributed by atoms with van der Waals surface area (Å²) in [5.41, 5.74) is 0.465. The van der Waals surface area contributed by atoms with E-state index >= 15 is 0 Å². The minimum absolute atomic E-state index is 0.439. The zero-order chi connectivity index (χ0) is 10.4. The number of halogens is 2. The molecule has 0 bridgehead atoms. The highest BCUT2D eigenvalue weighted by molar-refractivity contribution is 6.32. The second-order valence-corrected chi connectivity index (χ2v) is 3.45. The van der Waals surface area contributed by atoms with Crippen LogP contribution >= 0.6 is 23.2 Å². The molecule has 14 heavy (non-hydrogen) atoms. The third-order valence-electron chi connectivity index (χ3n) is 1.65. The van der Waals surface area contributed by atoms with E-state index in [0.717, 1.165) is 12.7 Å². The fraction of sp³-hybridized carbons (Fsp3) is 0.300.